The maximum atomic E-state index is 13.1. The van der Waals surface area contributed by atoms with Gasteiger partial charge in [-0.1, -0.05) is 13.8 Å². The van der Waals surface area contributed by atoms with Crippen molar-refractivity contribution in [2.45, 2.75) is 13.8 Å². The largest absolute Gasteiger partial charge is 0.449 e. The van der Waals surface area contributed by atoms with Gasteiger partial charge in [-0.15, -0.1) is 0 Å². The molecule has 0 aromatic heterocycles. The number of carbonyl (C=O) groups is 1. The molecule has 0 saturated heterocycles. The Morgan fingerprint density at radius 3 is 2.41 bits per heavy atom. The number of carbonyl (C=O) groups excluding carboxylic acids is 1. The maximum Gasteiger partial charge on any atom is 0.411 e. The summed E-state index contributed by atoms with van der Waals surface area (Å²) < 4.78 is 43.2. The molecular weight excluding hydrogens is 235 g/mol. The molecule has 0 fully saturated rings. The smallest absolute Gasteiger partial charge is 0.411 e. The van der Waals surface area contributed by atoms with Crippen LogP contribution in [0.3, 0.4) is 0 Å². The highest BCUT2D eigenvalue weighted by Gasteiger charge is 2.13. The Labute approximate surface area is 96.6 Å². The zero-order valence-corrected chi connectivity index (χ0v) is 9.39. The van der Waals surface area contributed by atoms with Gasteiger partial charge in [0.15, 0.2) is 11.6 Å². The summed E-state index contributed by atoms with van der Waals surface area (Å²) >= 11 is 0. The average Bonchev–Trinajstić information content (AvgIpc) is 2.23. The molecule has 1 rings (SSSR count). The molecule has 6 heteroatoms. The first-order valence-electron chi connectivity index (χ1n) is 4.98. The standard InChI is InChI=1S/C11H12F3NO2/c1-6(2)5-17-11(16)15-10-4-8(13)7(12)3-9(10)14/h3-4,6H,5H2,1-2H3,(H,15,16). The summed E-state index contributed by atoms with van der Waals surface area (Å²) in [6.45, 7) is 3.80. The average molecular weight is 247 g/mol. The van der Waals surface area contributed by atoms with Gasteiger partial charge in [0.25, 0.3) is 0 Å². The van der Waals surface area contributed by atoms with Crippen LogP contribution in [0.2, 0.25) is 0 Å². The molecule has 1 aromatic carbocycles. The minimum Gasteiger partial charge on any atom is -0.449 e. The van der Waals surface area contributed by atoms with Gasteiger partial charge < -0.3 is 4.74 Å². The number of ether oxygens (including phenoxy) is 1. The molecular formula is C11H12F3NO2. The molecule has 0 radical (unpaired) electrons. The van der Waals surface area contributed by atoms with E-state index in [0.717, 1.165) is 0 Å². The molecule has 0 bridgehead atoms. The first kappa shape index (κ1) is 13.3. The SMILES string of the molecule is CC(C)COC(=O)Nc1cc(F)c(F)cc1F. The number of anilines is 1. The zero-order valence-electron chi connectivity index (χ0n) is 9.39. The van der Waals surface area contributed by atoms with E-state index in [4.69, 9.17) is 4.74 Å². The fourth-order valence-corrected chi connectivity index (χ4v) is 1.01. The van der Waals surface area contributed by atoms with Gasteiger partial charge in [-0.05, 0) is 5.92 Å². The molecule has 1 aromatic rings. The minimum absolute atomic E-state index is 0.121. The van der Waals surface area contributed by atoms with Crippen LogP contribution in [-0.4, -0.2) is 12.7 Å². The lowest BCUT2D eigenvalue weighted by atomic mass is 10.2. The van der Waals surface area contributed by atoms with Crippen LogP contribution in [0.15, 0.2) is 12.1 Å². The summed E-state index contributed by atoms with van der Waals surface area (Å²) in [6, 6.07) is 0.911. The van der Waals surface area contributed by atoms with Gasteiger partial charge in [-0.25, -0.2) is 18.0 Å². The van der Waals surface area contributed by atoms with Crippen LogP contribution in [0.4, 0.5) is 23.7 Å². The highest BCUT2D eigenvalue weighted by molar-refractivity contribution is 5.84. The van der Waals surface area contributed by atoms with Gasteiger partial charge in [0.05, 0.1) is 12.3 Å². The fraction of sp³-hybridized carbons (Fsp3) is 0.364. The van der Waals surface area contributed by atoms with Gasteiger partial charge >= 0.3 is 6.09 Å². The second kappa shape index (κ2) is 5.56. The zero-order chi connectivity index (χ0) is 13.0. The molecule has 0 atom stereocenters. The quantitative estimate of drug-likeness (QED) is 0.832. The van der Waals surface area contributed by atoms with E-state index in [9.17, 15) is 18.0 Å². The van der Waals surface area contributed by atoms with Crippen molar-refractivity contribution in [3.63, 3.8) is 0 Å². The maximum absolute atomic E-state index is 13.1. The Kier molecular flexibility index (Phi) is 4.37. The van der Waals surface area contributed by atoms with E-state index in [1.54, 1.807) is 0 Å². The van der Waals surface area contributed by atoms with E-state index >= 15 is 0 Å². The predicted molar refractivity (Wildman–Crippen MR) is 56.1 cm³/mol. The number of hydrogen-bond acceptors (Lipinski definition) is 2. The highest BCUT2D eigenvalue weighted by Crippen LogP contribution is 2.18. The Morgan fingerprint density at radius 2 is 1.82 bits per heavy atom. The molecule has 0 unspecified atom stereocenters. The summed E-state index contributed by atoms with van der Waals surface area (Å²) in [5.41, 5.74) is -0.461. The predicted octanol–water partition coefficient (Wildman–Crippen LogP) is 3.31. The topological polar surface area (TPSA) is 38.3 Å². The third kappa shape index (κ3) is 3.97. The second-order valence-corrected chi connectivity index (χ2v) is 3.86. The third-order valence-electron chi connectivity index (χ3n) is 1.79. The molecule has 0 aliphatic heterocycles. The number of amides is 1. The van der Waals surface area contributed by atoms with Crippen molar-refractivity contribution in [1.82, 2.24) is 0 Å². The highest BCUT2D eigenvalue weighted by atomic mass is 19.2. The van der Waals surface area contributed by atoms with Gasteiger partial charge in [-0.3, -0.25) is 5.32 Å². The molecule has 0 aliphatic rings. The van der Waals surface area contributed by atoms with E-state index in [2.05, 4.69) is 0 Å². The van der Waals surface area contributed by atoms with Crippen LogP contribution >= 0.6 is 0 Å². The van der Waals surface area contributed by atoms with Crippen molar-refractivity contribution in [1.29, 1.82) is 0 Å². The Morgan fingerprint density at radius 1 is 1.24 bits per heavy atom. The van der Waals surface area contributed by atoms with Crippen molar-refractivity contribution in [2.75, 3.05) is 11.9 Å². The number of benzene rings is 1. The van der Waals surface area contributed by atoms with Gasteiger partial charge in [0.2, 0.25) is 0 Å². The van der Waals surface area contributed by atoms with Crippen molar-refractivity contribution >= 4 is 11.8 Å². The molecule has 1 amide bonds. The molecule has 0 spiro atoms. The monoisotopic (exact) mass is 247 g/mol. The Balaban J connectivity index is 2.68. The number of halogens is 3. The van der Waals surface area contributed by atoms with Crippen molar-refractivity contribution in [3.8, 4) is 0 Å². The molecule has 17 heavy (non-hydrogen) atoms. The number of nitrogens with one attached hydrogen (secondary N) is 1. The van der Waals surface area contributed by atoms with Crippen LogP contribution in [-0.2, 0) is 4.74 Å². The lowest BCUT2D eigenvalue weighted by Gasteiger charge is -2.09. The van der Waals surface area contributed by atoms with Gasteiger partial charge in [0, 0.05) is 12.1 Å². The van der Waals surface area contributed by atoms with Crippen LogP contribution in [0.25, 0.3) is 0 Å². The van der Waals surface area contributed by atoms with Crippen LogP contribution in [0.5, 0.6) is 0 Å². The van der Waals surface area contributed by atoms with E-state index in [1.165, 1.54) is 0 Å². The van der Waals surface area contributed by atoms with Crippen LogP contribution in [0.1, 0.15) is 13.8 Å². The molecule has 94 valence electrons. The molecule has 0 saturated carbocycles. The van der Waals surface area contributed by atoms with E-state index < -0.39 is 29.2 Å². The number of hydrogen-bond donors (Lipinski definition) is 1. The first-order valence-corrected chi connectivity index (χ1v) is 4.98. The van der Waals surface area contributed by atoms with Crippen molar-refractivity contribution in [2.24, 2.45) is 5.92 Å². The molecule has 0 aliphatic carbocycles. The van der Waals surface area contributed by atoms with Crippen LogP contribution < -0.4 is 5.32 Å². The lowest BCUT2D eigenvalue weighted by molar-refractivity contribution is 0.147. The third-order valence-corrected chi connectivity index (χ3v) is 1.79. The molecule has 1 N–H and O–H groups in total. The van der Waals surface area contributed by atoms with Crippen LogP contribution in [0, 0.1) is 23.4 Å². The summed E-state index contributed by atoms with van der Waals surface area (Å²) in [7, 11) is 0. The van der Waals surface area contributed by atoms with Gasteiger partial charge in [0.1, 0.15) is 5.82 Å². The second-order valence-electron chi connectivity index (χ2n) is 3.86. The van der Waals surface area contributed by atoms with E-state index in [-0.39, 0.29) is 12.5 Å². The van der Waals surface area contributed by atoms with E-state index in [0.29, 0.717) is 12.1 Å². The Bertz CT molecular complexity index is 421. The fourth-order valence-electron chi connectivity index (χ4n) is 1.01. The van der Waals surface area contributed by atoms with E-state index in [1.807, 2.05) is 19.2 Å². The minimum atomic E-state index is -1.32. The van der Waals surface area contributed by atoms with Gasteiger partial charge in [-0.2, -0.15) is 0 Å². The summed E-state index contributed by atoms with van der Waals surface area (Å²) in [5, 5.41) is 1.99. The summed E-state index contributed by atoms with van der Waals surface area (Å²) in [5.74, 6) is -3.50. The number of rotatable bonds is 3. The Hall–Kier alpha value is -1.72. The van der Waals surface area contributed by atoms with Crippen molar-refractivity contribution in [3.05, 3.63) is 29.6 Å². The first-order chi connectivity index (χ1) is 7.90. The summed E-state index contributed by atoms with van der Waals surface area (Å²) in [4.78, 5) is 11.1. The van der Waals surface area contributed by atoms with Crippen molar-refractivity contribution < 1.29 is 22.7 Å². The normalized spacial score (nSPS) is 10.5. The molecule has 3 nitrogen and oxygen atoms in total. The summed E-state index contributed by atoms with van der Waals surface area (Å²) in [6.07, 6.45) is -0.913. The molecule has 0 heterocycles. The lowest BCUT2D eigenvalue weighted by Crippen LogP contribution is -2.17.